The van der Waals surface area contributed by atoms with Crippen LogP contribution in [0.15, 0.2) is 60.8 Å². The molecular weight excluding hydrogens is 546 g/mol. The number of halogens is 5. The number of aromatic nitrogens is 2. The van der Waals surface area contributed by atoms with Crippen LogP contribution in [0.1, 0.15) is 33.5 Å². The van der Waals surface area contributed by atoms with Gasteiger partial charge in [0.25, 0.3) is 0 Å². The average Bonchev–Trinajstić information content (AvgIpc) is 3.24. The Labute approximate surface area is 232 Å². The lowest BCUT2D eigenvalue weighted by Crippen LogP contribution is -2.34. The summed E-state index contributed by atoms with van der Waals surface area (Å²) in [6.45, 7) is 1.61. The maximum atomic E-state index is 13.9. The molecule has 0 aliphatic carbocycles. The third kappa shape index (κ3) is 5.71. The minimum Gasteiger partial charge on any atom is -0.333 e. The molecule has 11 heteroatoms. The van der Waals surface area contributed by atoms with Gasteiger partial charge in [0.1, 0.15) is 17.0 Å². The van der Waals surface area contributed by atoms with Gasteiger partial charge in [-0.3, -0.25) is 9.47 Å². The molecule has 1 aliphatic heterocycles. The van der Waals surface area contributed by atoms with Crippen molar-refractivity contribution in [2.45, 2.75) is 25.7 Å². The Hall–Kier alpha value is -4.20. The number of hydrogen-bond donors (Lipinski definition) is 1. The Kier molecular flexibility index (Phi) is 7.61. The number of nitriles is 1. The number of alkyl halides is 3. The van der Waals surface area contributed by atoms with Crippen LogP contribution in [0.5, 0.6) is 0 Å². The zero-order chi connectivity index (χ0) is 28.4. The second-order valence-electron chi connectivity index (χ2n) is 9.37. The second kappa shape index (κ2) is 11.1. The fourth-order valence-corrected chi connectivity index (χ4v) is 5.05. The zero-order valence-corrected chi connectivity index (χ0v) is 21.7. The van der Waals surface area contributed by atoms with Crippen molar-refractivity contribution in [2.24, 2.45) is 0 Å². The first kappa shape index (κ1) is 27.4. The molecule has 0 bridgehead atoms. The molecule has 1 N–H and O–H groups in total. The Morgan fingerprint density at radius 2 is 2.00 bits per heavy atom. The summed E-state index contributed by atoms with van der Waals surface area (Å²) in [6, 6.07) is 12.4. The number of amides is 1. The van der Waals surface area contributed by atoms with Gasteiger partial charge in [0, 0.05) is 49.9 Å². The van der Waals surface area contributed by atoms with Gasteiger partial charge in [0.05, 0.1) is 16.6 Å². The molecule has 1 aliphatic rings. The maximum absolute atomic E-state index is 13.9. The number of nitrogens with zero attached hydrogens (tertiary/aromatic N) is 4. The van der Waals surface area contributed by atoms with Gasteiger partial charge in [0.2, 0.25) is 0 Å². The zero-order valence-electron chi connectivity index (χ0n) is 21.0. The molecule has 2 aromatic carbocycles. The molecule has 0 atom stereocenters. The number of nitrogens with one attached hydrogen (secondary N) is 1. The number of fused-ring (bicyclic) bond motifs is 3. The van der Waals surface area contributed by atoms with E-state index in [0.29, 0.717) is 48.3 Å². The number of pyridine rings is 1. The van der Waals surface area contributed by atoms with Crippen molar-refractivity contribution in [3.05, 3.63) is 105 Å². The van der Waals surface area contributed by atoms with Crippen LogP contribution in [0.25, 0.3) is 17.0 Å². The van der Waals surface area contributed by atoms with E-state index < -0.39 is 23.6 Å². The molecule has 5 rings (SSSR count). The molecule has 0 saturated heterocycles. The molecule has 1 amide bonds. The molecular formula is C29H22ClF4N5O. The molecule has 0 spiro atoms. The summed E-state index contributed by atoms with van der Waals surface area (Å²) in [7, 11) is 0. The first-order valence-electron chi connectivity index (χ1n) is 12.3. The van der Waals surface area contributed by atoms with Crippen molar-refractivity contribution in [3.63, 3.8) is 0 Å². The van der Waals surface area contributed by atoms with Gasteiger partial charge >= 0.3 is 12.2 Å². The molecule has 2 aromatic heterocycles. The van der Waals surface area contributed by atoms with Crippen molar-refractivity contribution in [2.75, 3.05) is 13.1 Å². The number of rotatable bonds is 5. The Balaban J connectivity index is 1.41. The Bertz CT molecular complexity index is 1670. The molecule has 40 heavy (non-hydrogen) atoms. The van der Waals surface area contributed by atoms with Crippen molar-refractivity contribution < 1.29 is 22.4 Å². The van der Waals surface area contributed by atoms with Crippen LogP contribution >= 0.6 is 11.6 Å². The highest BCUT2D eigenvalue weighted by Gasteiger charge is 2.33. The standard InChI is InChI=1S/C29H22ClF4N5O/c30-27-13-19(7-9-36-27)16-37-28(40)39-25-8-11-38(10-1-2-18-3-4-20(15-35)24(31)12-18)17-23(25)22-6-5-21(14-26(22)39)29(32,33)34/h1-7,9,12-14H,8,10-11,16-17H2,(H,37,40). The predicted molar refractivity (Wildman–Crippen MR) is 143 cm³/mol. The van der Waals surface area contributed by atoms with Crippen LogP contribution in [0.2, 0.25) is 5.15 Å². The summed E-state index contributed by atoms with van der Waals surface area (Å²) >= 11 is 5.92. The van der Waals surface area contributed by atoms with Gasteiger partial charge in [-0.25, -0.2) is 14.2 Å². The SMILES string of the molecule is N#Cc1ccc(C=CCN2CCc3c(c4ccc(C(F)(F)F)cc4n3C(=O)NCc3ccnc(Cl)c3)C2)cc1F. The fraction of sp³-hybridized carbons (Fsp3) is 0.207. The lowest BCUT2D eigenvalue weighted by molar-refractivity contribution is -0.137. The maximum Gasteiger partial charge on any atom is 0.416 e. The summed E-state index contributed by atoms with van der Waals surface area (Å²) in [5, 5.41) is 12.5. The highest BCUT2D eigenvalue weighted by atomic mass is 35.5. The largest absolute Gasteiger partial charge is 0.416 e. The van der Waals surface area contributed by atoms with Gasteiger partial charge in [-0.2, -0.15) is 18.4 Å². The third-order valence-electron chi connectivity index (χ3n) is 6.78. The molecule has 0 fully saturated rings. The van der Waals surface area contributed by atoms with Crippen LogP contribution in [-0.4, -0.2) is 33.6 Å². The minimum absolute atomic E-state index is 0.0283. The van der Waals surface area contributed by atoms with Crippen molar-refractivity contribution in [1.82, 2.24) is 19.8 Å². The van der Waals surface area contributed by atoms with Gasteiger partial charge in [0.15, 0.2) is 0 Å². The van der Waals surface area contributed by atoms with E-state index in [1.165, 1.54) is 29.0 Å². The van der Waals surface area contributed by atoms with E-state index in [2.05, 4.69) is 15.2 Å². The molecule has 0 unspecified atom stereocenters. The highest BCUT2D eigenvalue weighted by Crippen LogP contribution is 2.36. The lowest BCUT2D eigenvalue weighted by Gasteiger charge is -2.27. The topological polar surface area (TPSA) is 74.0 Å². The van der Waals surface area contributed by atoms with Crippen LogP contribution in [-0.2, 0) is 25.7 Å². The average molecular weight is 568 g/mol. The van der Waals surface area contributed by atoms with Crippen LogP contribution < -0.4 is 5.32 Å². The molecule has 6 nitrogen and oxygen atoms in total. The lowest BCUT2D eigenvalue weighted by atomic mass is 10.0. The smallest absolute Gasteiger partial charge is 0.333 e. The quantitative estimate of drug-likeness (QED) is 0.219. The first-order chi connectivity index (χ1) is 19.1. The molecule has 4 aromatic rings. The van der Waals surface area contributed by atoms with Crippen molar-refractivity contribution in [3.8, 4) is 6.07 Å². The van der Waals surface area contributed by atoms with Crippen LogP contribution in [0.4, 0.5) is 22.4 Å². The van der Waals surface area contributed by atoms with E-state index in [4.69, 9.17) is 16.9 Å². The first-order valence-corrected chi connectivity index (χ1v) is 12.7. The third-order valence-corrected chi connectivity index (χ3v) is 6.99. The van der Waals surface area contributed by atoms with Gasteiger partial charge in [-0.15, -0.1) is 0 Å². The van der Waals surface area contributed by atoms with Crippen molar-refractivity contribution >= 4 is 34.6 Å². The number of carbonyl (C=O) groups excluding carboxylic acids is 1. The predicted octanol–water partition coefficient (Wildman–Crippen LogP) is 6.55. The van der Waals surface area contributed by atoms with E-state index in [1.807, 2.05) is 6.08 Å². The molecule has 0 saturated carbocycles. The molecule has 0 radical (unpaired) electrons. The number of carbonyl (C=O) groups is 1. The summed E-state index contributed by atoms with van der Waals surface area (Å²) in [5.41, 5.74) is 2.09. The van der Waals surface area contributed by atoms with Crippen LogP contribution in [0.3, 0.4) is 0 Å². The van der Waals surface area contributed by atoms with Crippen molar-refractivity contribution in [1.29, 1.82) is 5.26 Å². The molecule has 3 heterocycles. The van der Waals surface area contributed by atoms with E-state index in [9.17, 15) is 22.4 Å². The van der Waals surface area contributed by atoms with E-state index in [0.717, 1.165) is 17.7 Å². The van der Waals surface area contributed by atoms with Gasteiger partial charge in [-0.1, -0.05) is 35.9 Å². The Morgan fingerprint density at radius 1 is 1.18 bits per heavy atom. The summed E-state index contributed by atoms with van der Waals surface area (Å²) in [5.74, 6) is -0.594. The highest BCUT2D eigenvalue weighted by molar-refractivity contribution is 6.29. The van der Waals surface area contributed by atoms with Gasteiger partial charge in [-0.05, 0) is 53.1 Å². The summed E-state index contributed by atoms with van der Waals surface area (Å²) in [4.78, 5) is 19.3. The van der Waals surface area contributed by atoms with E-state index in [1.54, 1.807) is 30.3 Å². The fourth-order valence-electron chi connectivity index (χ4n) is 4.85. The normalized spacial score (nSPS) is 13.9. The monoisotopic (exact) mass is 567 g/mol. The number of benzene rings is 2. The minimum atomic E-state index is -4.56. The van der Waals surface area contributed by atoms with E-state index >= 15 is 0 Å². The Morgan fingerprint density at radius 3 is 2.73 bits per heavy atom. The van der Waals surface area contributed by atoms with Gasteiger partial charge < -0.3 is 5.32 Å². The van der Waals surface area contributed by atoms with E-state index in [-0.39, 0.29) is 22.8 Å². The summed E-state index contributed by atoms with van der Waals surface area (Å²) in [6.07, 6.45) is 0.999. The molecule has 204 valence electrons. The summed E-state index contributed by atoms with van der Waals surface area (Å²) < 4.78 is 55.9. The number of hydrogen-bond acceptors (Lipinski definition) is 4. The van der Waals surface area contributed by atoms with Crippen LogP contribution in [0, 0.1) is 17.1 Å². The second-order valence-corrected chi connectivity index (χ2v) is 9.76.